The normalized spacial score (nSPS) is 11.0. The molecule has 0 amide bonds. The van der Waals surface area contributed by atoms with E-state index in [0.29, 0.717) is 19.0 Å². The van der Waals surface area contributed by atoms with E-state index in [2.05, 4.69) is 32.7 Å². The summed E-state index contributed by atoms with van der Waals surface area (Å²) in [5.74, 6) is 1.38. The Balaban J connectivity index is 0.00000320. The summed E-state index contributed by atoms with van der Waals surface area (Å²) in [4.78, 5) is 8.76. The summed E-state index contributed by atoms with van der Waals surface area (Å²) in [6.07, 6.45) is 3.69. The fourth-order valence-electron chi connectivity index (χ4n) is 2.80. The molecule has 0 spiro atoms. The van der Waals surface area contributed by atoms with E-state index >= 15 is 0 Å². The van der Waals surface area contributed by atoms with Crippen LogP contribution in [0.2, 0.25) is 0 Å². The van der Waals surface area contributed by atoms with E-state index in [0.717, 1.165) is 43.2 Å². The molecule has 1 aromatic heterocycles. The SMILES string of the molecule is CN=C(NCCCCOCc1ccccc1)NCc1coc(-c2ccccc2)n1.I. The van der Waals surface area contributed by atoms with Gasteiger partial charge in [0.1, 0.15) is 6.26 Å². The number of nitrogens with zero attached hydrogens (tertiary/aromatic N) is 2. The molecule has 0 aliphatic carbocycles. The molecule has 0 saturated heterocycles. The molecule has 3 rings (SSSR count). The van der Waals surface area contributed by atoms with Gasteiger partial charge in [0.15, 0.2) is 5.96 Å². The van der Waals surface area contributed by atoms with E-state index in [9.17, 15) is 0 Å². The van der Waals surface area contributed by atoms with Crippen molar-refractivity contribution in [1.29, 1.82) is 0 Å². The zero-order chi connectivity index (χ0) is 20.2. The van der Waals surface area contributed by atoms with Crippen LogP contribution >= 0.6 is 24.0 Å². The number of aromatic nitrogens is 1. The first-order valence-corrected chi connectivity index (χ1v) is 9.91. The number of benzene rings is 2. The number of oxazole rings is 1. The molecule has 0 fully saturated rings. The summed E-state index contributed by atoms with van der Waals surface area (Å²) in [5, 5.41) is 6.57. The molecule has 160 valence electrons. The lowest BCUT2D eigenvalue weighted by Crippen LogP contribution is -2.37. The fourth-order valence-corrected chi connectivity index (χ4v) is 2.80. The van der Waals surface area contributed by atoms with Crippen LogP contribution in [0, 0.1) is 0 Å². The van der Waals surface area contributed by atoms with Crippen molar-refractivity contribution in [2.75, 3.05) is 20.2 Å². The Morgan fingerprint density at radius 3 is 2.47 bits per heavy atom. The highest BCUT2D eigenvalue weighted by molar-refractivity contribution is 14.0. The maximum absolute atomic E-state index is 5.70. The molecule has 0 atom stereocenters. The van der Waals surface area contributed by atoms with E-state index in [1.165, 1.54) is 5.56 Å². The van der Waals surface area contributed by atoms with Crippen LogP contribution in [0.1, 0.15) is 24.1 Å². The van der Waals surface area contributed by atoms with Crippen molar-refractivity contribution < 1.29 is 9.15 Å². The van der Waals surface area contributed by atoms with Crippen molar-refractivity contribution in [2.45, 2.75) is 26.0 Å². The molecule has 7 heteroatoms. The average Bonchev–Trinajstić information content (AvgIpc) is 3.25. The van der Waals surface area contributed by atoms with Crippen LogP contribution in [-0.2, 0) is 17.9 Å². The molecular formula is C23H29IN4O2. The van der Waals surface area contributed by atoms with Gasteiger partial charge in [0.05, 0.1) is 18.8 Å². The average molecular weight is 520 g/mol. The summed E-state index contributed by atoms with van der Waals surface area (Å²) in [7, 11) is 1.76. The molecule has 0 aliphatic heterocycles. The predicted molar refractivity (Wildman–Crippen MR) is 131 cm³/mol. The first-order valence-electron chi connectivity index (χ1n) is 9.91. The quantitative estimate of drug-likeness (QED) is 0.177. The molecule has 0 aliphatic rings. The van der Waals surface area contributed by atoms with Gasteiger partial charge >= 0.3 is 0 Å². The van der Waals surface area contributed by atoms with Crippen LogP contribution in [0.4, 0.5) is 0 Å². The Labute approximate surface area is 195 Å². The third kappa shape index (κ3) is 8.16. The molecule has 1 heterocycles. The number of unbranched alkanes of at least 4 members (excludes halogenated alkanes) is 1. The van der Waals surface area contributed by atoms with Gasteiger partial charge in [0.25, 0.3) is 0 Å². The van der Waals surface area contributed by atoms with Crippen molar-refractivity contribution in [3.63, 3.8) is 0 Å². The minimum Gasteiger partial charge on any atom is -0.444 e. The van der Waals surface area contributed by atoms with Crippen LogP contribution in [-0.4, -0.2) is 31.1 Å². The largest absolute Gasteiger partial charge is 0.444 e. The minimum absolute atomic E-state index is 0. The van der Waals surface area contributed by atoms with Crippen LogP contribution in [0.5, 0.6) is 0 Å². The summed E-state index contributed by atoms with van der Waals surface area (Å²) in [6.45, 7) is 2.81. The topological polar surface area (TPSA) is 71.7 Å². The van der Waals surface area contributed by atoms with Gasteiger partial charge in [-0.15, -0.1) is 24.0 Å². The lowest BCUT2D eigenvalue weighted by Gasteiger charge is -2.10. The fraction of sp³-hybridized carbons (Fsp3) is 0.304. The van der Waals surface area contributed by atoms with Gasteiger partial charge in [-0.05, 0) is 30.5 Å². The van der Waals surface area contributed by atoms with Gasteiger partial charge < -0.3 is 19.8 Å². The highest BCUT2D eigenvalue weighted by Crippen LogP contribution is 2.17. The zero-order valence-corrected chi connectivity index (χ0v) is 19.5. The first-order chi connectivity index (χ1) is 14.3. The zero-order valence-electron chi connectivity index (χ0n) is 17.2. The van der Waals surface area contributed by atoms with Gasteiger partial charge in [-0.25, -0.2) is 4.98 Å². The number of hydrogen-bond donors (Lipinski definition) is 2. The van der Waals surface area contributed by atoms with Gasteiger partial charge in [-0.3, -0.25) is 4.99 Å². The second-order valence-corrected chi connectivity index (χ2v) is 6.61. The highest BCUT2D eigenvalue weighted by Gasteiger charge is 2.06. The second kappa shape index (κ2) is 13.8. The van der Waals surface area contributed by atoms with Crippen molar-refractivity contribution in [1.82, 2.24) is 15.6 Å². The maximum Gasteiger partial charge on any atom is 0.226 e. The monoisotopic (exact) mass is 520 g/mol. The van der Waals surface area contributed by atoms with Gasteiger partial charge in [-0.1, -0.05) is 48.5 Å². The number of hydrogen-bond acceptors (Lipinski definition) is 4. The minimum atomic E-state index is 0. The predicted octanol–water partition coefficient (Wildman–Crippen LogP) is 4.62. The summed E-state index contributed by atoms with van der Waals surface area (Å²) in [5.41, 5.74) is 3.01. The standard InChI is InChI=1S/C23H28N4O2.HI/c1-24-23(25-14-8-9-15-28-17-19-10-4-2-5-11-19)26-16-21-18-29-22(27-21)20-12-6-3-7-13-20;/h2-7,10-13,18H,8-9,14-17H2,1H3,(H2,24,25,26);1H. The molecule has 30 heavy (non-hydrogen) atoms. The maximum atomic E-state index is 5.70. The van der Waals surface area contributed by atoms with Crippen molar-refractivity contribution in [3.05, 3.63) is 78.2 Å². The van der Waals surface area contributed by atoms with Crippen molar-refractivity contribution in [3.8, 4) is 11.5 Å². The molecule has 2 aromatic carbocycles. The summed E-state index contributed by atoms with van der Waals surface area (Å²) >= 11 is 0. The Morgan fingerprint density at radius 2 is 1.73 bits per heavy atom. The molecule has 0 saturated carbocycles. The van der Waals surface area contributed by atoms with Gasteiger partial charge in [-0.2, -0.15) is 0 Å². The molecule has 0 radical (unpaired) electrons. The molecule has 0 bridgehead atoms. The first kappa shape index (κ1) is 23.9. The van der Waals surface area contributed by atoms with E-state index in [1.807, 2.05) is 48.5 Å². The highest BCUT2D eigenvalue weighted by atomic mass is 127. The van der Waals surface area contributed by atoms with Crippen molar-refractivity contribution in [2.24, 2.45) is 4.99 Å². The lowest BCUT2D eigenvalue weighted by atomic mass is 10.2. The summed E-state index contributed by atoms with van der Waals surface area (Å²) < 4.78 is 11.3. The third-order valence-corrected chi connectivity index (χ3v) is 4.35. The number of rotatable bonds is 10. The summed E-state index contributed by atoms with van der Waals surface area (Å²) in [6, 6.07) is 20.1. The van der Waals surface area contributed by atoms with Crippen molar-refractivity contribution >= 4 is 29.9 Å². The van der Waals surface area contributed by atoms with Crippen LogP contribution in [0.3, 0.4) is 0 Å². The number of ether oxygens (including phenoxy) is 1. The molecule has 2 N–H and O–H groups in total. The number of nitrogens with one attached hydrogen (secondary N) is 2. The van der Waals surface area contributed by atoms with E-state index in [4.69, 9.17) is 9.15 Å². The number of aliphatic imine (C=N–C) groups is 1. The Morgan fingerprint density at radius 1 is 1.00 bits per heavy atom. The molecule has 3 aromatic rings. The van der Waals surface area contributed by atoms with E-state index in [-0.39, 0.29) is 24.0 Å². The van der Waals surface area contributed by atoms with Gasteiger partial charge in [0, 0.05) is 25.8 Å². The second-order valence-electron chi connectivity index (χ2n) is 6.61. The molecule has 6 nitrogen and oxygen atoms in total. The Kier molecular flexibility index (Phi) is 11.0. The van der Waals surface area contributed by atoms with Gasteiger partial charge in [0.2, 0.25) is 5.89 Å². The Bertz CT molecular complexity index is 869. The van der Waals surface area contributed by atoms with E-state index in [1.54, 1.807) is 13.3 Å². The molecule has 0 unspecified atom stereocenters. The van der Waals surface area contributed by atoms with E-state index < -0.39 is 0 Å². The Hall–Kier alpha value is -2.39. The smallest absolute Gasteiger partial charge is 0.226 e. The third-order valence-electron chi connectivity index (χ3n) is 4.35. The van der Waals surface area contributed by atoms with Crippen LogP contribution in [0.15, 0.2) is 76.3 Å². The number of halogens is 1. The van der Waals surface area contributed by atoms with Crippen LogP contribution in [0.25, 0.3) is 11.5 Å². The van der Waals surface area contributed by atoms with Crippen LogP contribution < -0.4 is 10.6 Å². The molecular weight excluding hydrogens is 491 g/mol. The lowest BCUT2D eigenvalue weighted by molar-refractivity contribution is 0.117. The number of guanidine groups is 1.